The van der Waals surface area contributed by atoms with Crippen LogP contribution in [-0.2, 0) is 14.8 Å². The maximum atomic E-state index is 12.2. The number of hydrogen-bond acceptors (Lipinski definition) is 4. The summed E-state index contributed by atoms with van der Waals surface area (Å²) in [6.07, 6.45) is 0.660. The van der Waals surface area contributed by atoms with E-state index in [9.17, 15) is 18.0 Å². The van der Waals surface area contributed by atoms with Gasteiger partial charge in [-0.3, -0.25) is 4.79 Å². The molecule has 0 aromatic heterocycles. The minimum absolute atomic E-state index is 0.0586. The number of benzene rings is 1. The number of amides is 1. The number of aliphatic carboxylic acids is 1. The Hall–Kier alpha value is -1.93. The van der Waals surface area contributed by atoms with Crippen LogP contribution in [0.15, 0.2) is 29.2 Å². The Labute approximate surface area is 136 Å². The summed E-state index contributed by atoms with van der Waals surface area (Å²) in [4.78, 5) is 24.2. The van der Waals surface area contributed by atoms with Gasteiger partial charge in [0.2, 0.25) is 10.0 Å². The van der Waals surface area contributed by atoms with Crippen molar-refractivity contribution >= 4 is 21.9 Å². The fourth-order valence-corrected chi connectivity index (χ4v) is 3.06. The minimum atomic E-state index is -3.63. The molecule has 0 radical (unpaired) electrons. The Morgan fingerprint density at radius 1 is 1.22 bits per heavy atom. The van der Waals surface area contributed by atoms with Crippen LogP contribution in [0.2, 0.25) is 0 Å². The van der Waals surface area contributed by atoms with E-state index >= 15 is 0 Å². The van der Waals surface area contributed by atoms with Gasteiger partial charge in [0.05, 0.1) is 4.90 Å². The van der Waals surface area contributed by atoms with E-state index in [2.05, 4.69) is 4.72 Å². The fraction of sp³-hybridized carbons (Fsp3) is 0.467. The largest absolute Gasteiger partial charge is 0.480 e. The summed E-state index contributed by atoms with van der Waals surface area (Å²) in [6, 6.07) is 4.24. The van der Waals surface area contributed by atoms with Crippen LogP contribution in [0.4, 0.5) is 0 Å². The second kappa shape index (κ2) is 7.56. The molecule has 8 heteroatoms. The highest BCUT2D eigenvalue weighted by atomic mass is 32.2. The molecular weight excluding hydrogens is 320 g/mol. The summed E-state index contributed by atoms with van der Waals surface area (Å²) < 4.78 is 26.8. The molecule has 1 amide bonds. The van der Waals surface area contributed by atoms with Crippen molar-refractivity contribution in [3.8, 4) is 0 Å². The van der Waals surface area contributed by atoms with E-state index in [1.165, 1.54) is 38.2 Å². The molecule has 1 aromatic rings. The topological polar surface area (TPSA) is 104 Å². The van der Waals surface area contributed by atoms with Gasteiger partial charge < -0.3 is 10.0 Å². The average Bonchev–Trinajstić information content (AvgIpc) is 2.52. The van der Waals surface area contributed by atoms with Gasteiger partial charge in [-0.2, -0.15) is 0 Å². The summed E-state index contributed by atoms with van der Waals surface area (Å²) in [6.45, 7) is 5.03. The molecule has 2 N–H and O–H groups in total. The first kappa shape index (κ1) is 19.1. The van der Waals surface area contributed by atoms with Crippen LogP contribution < -0.4 is 4.72 Å². The lowest BCUT2D eigenvalue weighted by molar-refractivity contribution is -0.141. The molecule has 0 saturated heterocycles. The number of carbonyl (C=O) groups is 2. The van der Waals surface area contributed by atoms with Gasteiger partial charge in [0.15, 0.2) is 0 Å². The lowest BCUT2D eigenvalue weighted by Crippen LogP contribution is -2.40. The molecule has 23 heavy (non-hydrogen) atoms. The van der Waals surface area contributed by atoms with Crippen molar-refractivity contribution in [2.24, 2.45) is 0 Å². The molecule has 0 aliphatic carbocycles. The minimum Gasteiger partial charge on any atom is -0.480 e. The van der Waals surface area contributed by atoms with Gasteiger partial charge in [-0.15, -0.1) is 0 Å². The number of hydrogen-bond donors (Lipinski definition) is 2. The summed E-state index contributed by atoms with van der Waals surface area (Å²) in [7, 11) is -2.25. The SMILES string of the molecule is CCC(C)NS(=O)(=O)c1ccc(C(=O)N(C)C(C)C(=O)O)cc1. The molecule has 0 aliphatic rings. The van der Waals surface area contributed by atoms with Crippen molar-refractivity contribution in [1.82, 2.24) is 9.62 Å². The molecule has 0 bridgehead atoms. The number of carboxylic acid groups (broad SMARTS) is 1. The molecule has 0 fully saturated rings. The monoisotopic (exact) mass is 342 g/mol. The zero-order chi connectivity index (χ0) is 17.8. The van der Waals surface area contributed by atoms with E-state index in [0.717, 1.165) is 4.90 Å². The van der Waals surface area contributed by atoms with Gasteiger partial charge in [0.1, 0.15) is 6.04 Å². The Morgan fingerprint density at radius 2 is 1.74 bits per heavy atom. The Bertz CT molecular complexity index is 670. The molecule has 0 heterocycles. The van der Waals surface area contributed by atoms with Crippen molar-refractivity contribution in [1.29, 1.82) is 0 Å². The second-order valence-corrected chi connectivity index (χ2v) is 7.10. The highest BCUT2D eigenvalue weighted by Crippen LogP contribution is 2.14. The lowest BCUT2D eigenvalue weighted by Gasteiger charge is -2.21. The van der Waals surface area contributed by atoms with Gasteiger partial charge >= 0.3 is 5.97 Å². The fourth-order valence-electron chi connectivity index (χ4n) is 1.74. The quantitative estimate of drug-likeness (QED) is 0.777. The van der Waals surface area contributed by atoms with Crippen LogP contribution in [-0.4, -0.2) is 49.4 Å². The summed E-state index contributed by atoms with van der Waals surface area (Å²) in [5.74, 6) is -1.60. The number of carboxylic acids is 1. The zero-order valence-electron chi connectivity index (χ0n) is 13.6. The number of sulfonamides is 1. The molecule has 0 spiro atoms. The Morgan fingerprint density at radius 3 is 2.17 bits per heavy atom. The van der Waals surface area contributed by atoms with Crippen molar-refractivity contribution in [2.45, 2.75) is 44.2 Å². The first-order valence-electron chi connectivity index (χ1n) is 7.22. The highest BCUT2D eigenvalue weighted by Gasteiger charge is 2.23. The number of likely N-dealkylation sites (N-methyl/N-ethyl adjacent to an activating group) is 1. The van der Waals surface area contributed by atoms with E-state index < -0.39 is 27.9 Å². The van der Waals surface area contributed by atoms with Crippen LogP contribution in [0.1, 0.15) is 37.6 Å². The third kappa shape index (κ3) is 4.77. The predicted molar refractivity (Wildman–Crippen MR) is 85.7 cm³/mol. The van der Waals surface area contributed by atoms with Crippen LogP contribution in [0.3, 0.4) is 0 Å². The number of rotatable bonds is 7. The van der Waals surface area contributed by atoms with Gasteiger partial charge in [-0.25, -0.2) is 17.9 Å². The molecular formula is C15H22N2O5S. The van der Waals surface area contributed by atoms with E-state index in [4.69, 9.17) is 5.11 Å². The number of nitrogens with zero attached hydrogens (tertiary/aromatic N) is 1. The molecule has 1 aromatic carbocycles. The van der Waals surface area contributed by atoms with Crippen molar-refractivity contribution < 1.29 is 23.1 Å². The smallest absolute Gasteiger partial charge is 0.326 e. The number of carbonyl (C=O) groups excluding carboxylic acids is 1. The Kier molecular flexibility index (Phi) is 6.28. The van der Waals surface area contributed by atoms with Crippen LogP contribution >= 0.6 is 0 Å². The van der Waals surface area contributed by atoms with E-state index in [0.29, 0.717) is 6.42 Å². The molecule has 2 atom stereocenters. The predicted octanol–water partition coefficient (Wildman–Crippen LogP) is 1.31. The maximum absolute atomic E-state index is 12.2. The molecule has 1 rings (SSSR count). The van der Waals surface area contributed by atoms with E-state index in [-0.39, 0.29) is 16.5 Å². The van der Waals surface area contributed by atoms with Gasteiger partial charge in [0, 0.05) is 18.7 Å². The molecule has 128 valence electrons. The van der Waals surface area contributed by atoms with Crippen LogP contribution in [0, 0.1) is 0 Å². The first-order chi connectivity index (χ1) is 10.6. The average molecular weight is 342 g/mol. The van der Waals surface area contributed by atoms with E-state index in [1.54, 1.807) is 6.92 Å². The highest BCUT2D eigenvalue weighted by molar-refractivity contribution is 7.89. The van der Waals surface area contributed by atoms with Crippen molar-refractivity contribution in [3.05, 3.63) is 29.8 Å². The first-order valence-corrected chi connectivity index (χ1v) is 8.70. The summed E-state index contributed by atoms with van der Waals surface area (Å²) in [5, 5.41) is 8.92. The molecule has 7 nitrogen and oxygen atoms in total. The third-order valence-corrected chi connectivity index (χ3v) is 5.24. The number of nitrogens with one attached hydrogen (secondary N) is 1. The lowest BCUT2D eigenvalue weighted by atomic mass is 10.2. The standard InChI is InChI=1S/C15H22N2O5S/c1-5-10(2)16-23(21,22)13-8-6-12(7-9-13)14(18)17(4)11(3)15(19)20/h6-11,16H,5H2,1-4H3,(H,19,20). The van der Waals surface area contributed by atoms with Crippen LogP contribution in [0.5, 0.6) is 0 Å². The third-order valence-electron chi connectivity index (χ3n) is 3.64. The Balaban J connectivity index is 2.96. The summed E-state index contributed by atoms with van der Waals surface area (Å²) >= 11 is 0. The molecule has 0 saturated carbocycles. The van der Waals surface area contributed by atoms with Crippen molar-refractivity contribution in [2.75, 3.05) is 7.05 Å². The van der Waals surface area contributed by atoms with E-state index in [1.807, 2.05) is 6.92 Å². The summed E-state index contributed by atoms with van der Waals surface area (Å²) in [5.41, 5.74) is 0.225. The molecule has 0 aliphatic heterocycles. The maximum Gasteiger partial charge on any atom is 0.326 e. The second-order valence-electron chi connectivity index (χ2n) is 5.39. The van der Waals surface area contributed by atoms with Crippen molar-refractivity contribution in [3.63, 3.8) is 0 Å². The molecule has 2 unspecified atom stereocenters. The van der Waals surface area contributed by atoms with Crippen LogP contribution in [0.25, 0.3) is 0 Å². The normalized spacial score (nSPS) is 14.1. The van der Waals surface area contributed by atoms with Gasteiger partial charge in [-0.05, 0) is 44.5 Å². The zero-order valence-corrected chi connectivity index (χ0v) is 14.4. The van der Waals surface area contributed by atoms with Gasteiger partial charge in [-0.1, -0.05) is 6.92 Å². The van der Waals surface area contributed by atoms with Gasteiger partial charge in [0.25, 0.3) is 5.91 Å².